The van der Waals surface area contributed by atoms with Crippen molar-refractivity contribution in [2.24, 2.45) is 11.8 Å². The van der Waals surface area contributed by atoms with E-state index in [4.69, 9.17) is 0 Å². The van der Waals surface area contributed by atoms with Crippen LogP contribution in [0.2, 0.25) is 0 Å². The van der Waals surface area contributed by atoms with Crippen molar-refractivity contribution in [3.05, 3.63) is 47.2 Å². The number of aromatic amines is 1. The van der Waals surface area contributed by atoms with Gasteiger partial charge in [-0.25, -0.2) is 18.7 Å². The van der Waals surface area contributed by atoms with E-state index in [0.717, 1.165) is 12.5 Å². The molecule has 3 fully saturated rings. The first-order valence-corrected chi connectivity index (χ1v) is 11.3. The number of hydrogen-bond acceptors (Lipinski definition) is 8. The lowest BCUT2D eigenvalue weighted by atomic mass is 10.0. The highest BCUT2D eigenvalue weighted by Crippen LogP contribution is 2.53. The van der Waals surface area contributed by atoms with Crippen molar-refractivity contribution in [2.75, 3.05) is 11.9 Å². The Labute approximate surface area is 197 Å². The molecule has 0 spiro atoms. The molecule has 6 rings (SSSR count). The van der Waals surface area contributed by atoms with Crippen molar-refractivity contribution in [3.8, 4) is 6.07 Å². The number of aromatic nitrogens is 4. The van der Waals surface area contributed by atoms with Crippen LogP contribution in [0.5, 0.6) is 0 Å². The Morgan fingerprint density at radius 3 is 2.77 bits per heavy atom. The lowest BCUT2D eigenvalue weighted by Gasteiger charge is -2.25. The topological polar surface area (TPSA) is 151 Å². The number of aliphatic hydroxyl groups is 2. The minimum atomic E-state index is -1.33. The molecule has 180 valence electrons. The van der Waals surface area contributed by atoms with Crippen molar-refractivity contribution < 1.29 is 23.8 Å². The van der Waals surface area contributed by atoms with Crippen LogP contribution in [0.15, 0.2) is 24.5 Å². The van der Waals surface area contributed by atoms with Crippen molar-refractivity contribution >= 4 is 22.8 Å². The first-order chi connectivity index (χ1) is 16.9. The normalized spacial score (nSPS) is 31.4. The van der Waals surface area contributed by atoms with Gasteiger partial charge in [0.1, 0.15) is 35.9 Å². The lowest BCUT2D eigenvalue weighted by Crippen LogP contribution is -2.38. The number of rotatable bonds is 4. The van der Waals surface area contributed by atoms with Crippen LogP contribution < -0.4 is 5.32 Å². The number of nitriles is 1. The van der Waals surface area contributed by atoms with Gasteiger partial charge in [0.25, 0.3) is 5.91 Å². The van der Waals surface area contributed by atoms with Gasteiger partial charge < -0.3 is 20.4 Å². The van der Waals surface area contributed by atoms with Gasteiger partial charge in [0.15, 0.2) is 5.65 Å². The predicted molar refractivity (Wildman–Crippen MR) is 117 cm³/mol. The summed E-state index contributed by atoms with van der Waals surface area (Å²) < 4.78 is 28.6. The van der Waals surface area contributed by atoms with Crippen molar-refractivity contribution in [1.82, 2.24) is 25.1 Å². The van der Waals surface area contributed by atoms with Gasteiger partial charge >= 0.3 is 0 Å². The van der Waals surface area contributed by atoms with Crippen molar-refractivity contribution in [2.45, 2.75) is 43.3 Å². The molecule has 7 atom stereocenters. The number of hydrogen-bond donors (Lipinski definition) is 4. The molecule has 3 heterocycles. The SMILES string of the molecule is N#Cc1cc(F)cc([C@H]2C[C@H](F)CN2C(=O)c2[nH]nc3ncnc(N[C@H]4[C@H](O)[C@H](O)[C@@H]5C[C@@H]54)c23)c1. The Morgan fingerprint density at radius 2 is 2.03 bits per heavy atom. The number of alkyl halides is 1. The van der Waals surface area contributed by atoms with E-state index >= 15 is 0 Å². The second-order valence-corrected chi connectivity index (χ2v) is 9.43. The van der Waals surface area contributed by atoms with Gasteiger partial charge in [0, 0.05) is 6.42 Å². The van der Waals surface area contributed by atoms with E-state index in [9.17, 15) is 29.1 Å². The van der Waals surface area contributed by atoms with Gasteiger partial charge in [0.05, 0.1) is 41.8 Å². The van der Waals surface area contributed by atoms with Crippen LogP contribution in [0.25, 0.3) is 11.0 Å². The molecule has 1 aromatic carbocycles. The molecule has 35 heavy (non-hydrogen) atoms. The molecule has 1 amide bonds. The molecule has 4 N–H and O–H groups in total. The van der Waals surface area contributed by atoms with E-state index in [1.54, 1.807) is 0 Å². The van der Waals surface area contributed by atoms with Gasteiger partial charge in [-0.2, -0.15) is 10.4 Å². The average Bonchev–Trinajstić information content (AvgIpc) is 3.24. The predicted octanol–water partition coefficient (Wildman–Crippen LogP) is 1.44. The summed E-state index contributed by atoms with van der Waals surface area (Å²) in [6.07, 6.45) is -1.11. The Hall–Kier alpha value is -3.69. The Bertz CT molecular complexity index is 1370. The Balaban J connectivity index is 1.35. The fourth-order valence-electron chi connectivity index (χ4n) is 5.57. The molecule has 1 saturated heterocycles. The number of carbonyl (C=O) groups is 1. The van der Waals surface area contributed by atoms with Crippen LogP contribution in [-0.2, 0) is 0 Å². The van der Waals surface area contributed by atoms with Crippen molar-refractivity contribution in [1.29, 1.82) is 5.26 Å². The Kier molecular flexibility index (Phi) is 4.94. The number of H-pyrrole nitrogens is 1. The largest absolute Gasteiger partial charge is 0.390 e. The van der Waals surface area contributed by atoms with Crippen LogP contribution in [0, 0.1) is 29.0 Å². The third-order valence-corrected chi connectivity index (χ3v) is 7.32. The highest BCUT2D eigenvalue weighted by molar-refractivity contribution is 6.08. The number of anilines is 1. The van der Waals surface area contributed by atoms with E-state index in [0.29, 0.717) is 5.56 Å². The highest BCUT2D eigenvalue weighted by atomic mass is 19.1. The number of aliphatic hydroxyl groups excluding tert-OH is 2. The molecule has 2 aliphatic carbocycles. The molecule has 2 saturated carbocycles. The smallest absolute Gasteiger partial charge is 0.273 e. The maximum atomic E-state index is 14.5. The number of nitrogens with zero attached hydrogens (tertiary/aromatic N) is 5. The summed E-state index contributed by atoms with van der Waals surface area (Å²) in [5.41, 5.74) is 0.643. The summed E-state index contributed by atoms with van der Waals surface area (Å²) in [6.45, 7) is -0.212. The summed E-state index contributed by atoms with van der Waals surface area (Å²) in [5.74, 6) is -0.831. The number of carbonyl (C=O) groups excluding carboxylic acids is 1. The maximum absolute atomic E-state index is 14.5. The van der Waals surface area contributed by atoms with E-state index in [-0.39, 0.29) is 52.9 Å². The van der Waals surface area contributed by atoms with Crippen molar-refractivity contribution in [3.63, 3.8) is 0 Å². The number of benzene rings is 1. The number of nitrogens with one attached hydrogen (secondary N) is 2. The van der Waals surface area contributed by atoms with E-state index in [1.807, 2.05) is 6.07 Å². The summed E-state index contributed by atoms with van der Waals surface area (Å²) >= 11 is 0. The van der Waals surface area contributed by atoms with Crippen LogP contribution in [0.4, 0.5) is 14.6 Å². The number of fused-ring (bicyclic) bond motifs is 2. The van der Waals surface area contributed by atoms with E-state index in [2.05, 4.69) is 25.5 Å². The molecule has 3 aliphatic rings. The molecule has 2 aromatic heterocycles. The maximum Gasteiger partial charge on any atom is 0.273 e. The summed E-state index contributed by atoms with van der Waals surface area (Å²) in [7, 11) is 0. The zero-order valence-electron chi connectivity index (χ0n) is 18.3. The number of likely N-dealkylation sites (tertiary alicyclic amines) is 1. The zero-order valence-corrected chi connectivity index (χ0v) is 18.3. The fraction of sp³-hybridized carbons (Fsp3) is 0.435. The lowest BCUT2D eigenvalue weighted by molar-refractivity contribution is 0.0201. The van der Waals surface area contributed by atoms with Gasteiger partial charge in [-0.3, -0.25) is 9.89 Å². The fourth-order valence-corrected chi connectivity index (χ4v) is 5.57. The van der Waals surface area contributed by atoms with Gasteiger partial charge in [-0.1, -0.05) is 0 Å². The first kappa shape index (κ1) is 21.8. The van der Waals surface area contributed by atoms with E-state index in [1.165, 1.54) is 23.4 Å². The molecule has 3 aromatic rings. The minimum Gasteiger partial charge on any atom is -0.390 e. The quantitative estimate of drug-likeness (QED) is 0.437. The van der Waals surface area contributed by atoms with Crippen LogP contribution in [-0.4, -0.2) is 72.2 Å². The molecule has 0 radical (unpaired) electrons. The number of amides is 1. The molecule has 12 heteroatoms. The summed E-state index contributed by atoms with van der Waals surface area (Å²) in [4.78, 5) is 23.3. The summed E-state index contributed by atoms with van der Waals surface area (Å²) in [5, 5.41) is 39.9. The highest BCUT2D eigenvalue weighted by Gasteiger charge is 2.59. The first-order valence-electron chi connectivity index (χ1n) is 11.3. The molecule has 0 bridgehead atoms. The summed E-state index contributed by atoms with van der Waals surface area (Å²) in [6, 6.07) is 4.38. The molecule has 1 aliphatic heterocycles. The van der Waals surface area contributed by atoms with E-state index < -0.39 is 42.2 Å². The molecular formula is C23H21F2N7O3. The van der Waals surface area contributed by atoms with Gasteiger partial charge in [0.2, 0.25) is 0 Å². The molecule has 10 nitrogen and oxygen atoms in total. The molecular weight excluding hydrogens is 460 g/mol. The van der Waals surface area contributed by atoms with Gasteiger partial charge in [-0.15, -0.1) is 0 Å². The monoisotopic (exact) mass is 481 g/mol. The molecule has 0 unspecified atom stereocenters. The standard InChI is InChI=1S/C23H21F2N7O3/c24-11-2-9(6-26)1-10(3-11)15-4-12(25)7-32(15)23(35)18-16-21(27-8-28-22(16)31-30-18)29-17-13-5-14(13)19(33)20(17)34/h1-3,8,12-15,17,19-20,33-34H,4-5,7H2,(H2,27,28,29,30,31)/t12-,13-,14+,15+,17+,19+,20-/m0/s1. The van der Waals surface area contributed by atoms with Gasteiger partial charge in [-0.05, 0) is 42.0 Å². The number of halogens is 2. The van der Waals surface area contributed by atoms with Crippen LogP contribution in [0.1, 0.15) is 40.5 Å². The van der Waals surface area contributed by atoms with Crippen LogP contribution in [0.3, 0.4) is 0 Å². The average molecular weight is 481 g/mol. The third-order valence-electron chi connectivity index (χ3n) is 7.32. The second-order valence-electron chi connectivity index (χ2n) is 9.43. The minimum absolute atomic E-state index is 0.0273. The Morgan fingerprint density at radius 1 is 1.20 bits per heavy atom. The van der Waals surface area contributed by atoms with Crippen LogP contribution >= 0.6 is 0 Å². The zero-order chi connectivity index (χ0) is 24.4. The third kappa shape index (κ3) is 3.50. The second kappa shape index (κ2) is 7.93.